The number of carbonyl (C=O) groups is 3. The number of halogens is 1. The lowest BCUT2D eigenvalue weighted by Gasteiger charge is -2.25. The first kappa shape index (κ1) is 19.3. The van der Waals surface area contributed by atoms with Gasteiger partial charge in [0.05, 0.1) is 17.0 Å². The zero-order valence-electron chi connectivity index (χ0n) is 14.4. The first-order valence-corrected chi connectivity index (χ1v) is 9.55. The molecule has 1 aliphatic rings. The Morgan fingerprint density at radius 3 is 2.74 bits per heavy atom. The van der Waals surface area contributed by atoms with Crippen LogP contribution in [0.1, 0.15) is 18.1 Å². The summed E-state index contributed by atoms with van der Waals surface area (Å²) in [7, 11) is 0. The Balaban J connectivity index is 1.59. The normalized spacial score (nSPS) is 19.0. The van der Waals surface area contributed by atoms with Crippen molar-refractivity contribution in [2.45, 2.75) is 18.3 Å². The molecule has 27 heavy (non-hydrogen) atoms. The summed E-state index contributed by atoms with van der Waals surface area (Å²) in [5.74, 6) is -0.485. The van der Waals surface area contributed by atoms with Crippen LogP contribution in [0.2, 0.25) is 5.02 Å². The molecule has 3 rings (SSSR count). The molecule has 1 aromatic heterocycles. The van der Waals surface area contributed by atoms with E-state index in [0.717, 1.165) is 0 Å². The predicted molar refractivity (Wildman–Crippen MR) is 101 cm³/mol. The Morgan fingerprint density at radius 2 is 2.07 bits per heavy atom. The largest absolute Gasteiger partial charge is 0.466 e. The molecular weight excluding hydrogens is 392 g/mol. The molecule has 1 saturated heterocycles. The molecule has 0 spiro atoms. The minimum atomic E-state index is -0.782. The van der Waals surface area contributed by atoms with Crippen LogP contribution in [0.3, 0.4) is 0 Å². The van der Waals surface area contributed by atoms with E-state index in [1.165, 1.54) is 29.8 Å². The van der Waals surface area contributed by atoms with E-state index in [2.05, 4.69) is 5.32 Å². The van der Waals surface area contributed by atoms with Gasteiger partial charge in [-0.3, -0.25) is 9.59 Å². The highest BCUT2D eigenvalue weighted by Gasteiger charge is 2.43. The second kappa shape index (κ2) is 8.49. The second-order valence-electron chi connectivity index (χ2n) is 5.78. The number of benzene rings is 1. The molecule has 0 aliphatic carbocycles. The molecular formula is C18H17ClN2O5S. The van der Waals surface area contributed by atoms with Crippen molar-refractivity contribution in [3.63, 3.8) is 0 Å². The van der Waals surface area contributed by atoms with E-state index < -0.39 is 29.9 Å². The van der Waals surface area contributed by atoms with E-state index in [9.17, 15) is 14.4 Å². The molecule has 1 aromatic carbocycles. The smallest absolute Gasteiger partial charge is 0.330 e. The molecule has 0 bridgehead atoms. The molecule has 1 fully saturated rings. The number of carbonyl (C=O) groups excluding carboxylic acids is 3. The first-order valence-electron chi connectivity index (χ1n) is 8.12. The lowest BCUT2D eigenvalue weighted by molar-refractivity contribution is -0.155. The summed E-state index contributed by atoms with van der Waals surface area (Å²) in [5.41, 5.74) is 0.430. The topological polar surface area (TPSA) is 88.8 Å². The third-order valence-corrected chi connectivity index (χ3v) is 5.53. The molecule has 2 aromatic rings. The van der Waals surface area contributed by atoms with E-state index in [1.54, 1.807) is 36.4 Å². The molecule has 1 aliphatic heterocycles. The van der Waals surface area contributed by atoms with Gasteiger partial charge in [0.15, 0.2) is 6.61 Å². The summed E-state index contributed by atoms with van der Waals surface area (Å²) in [6.07, 6.45) is 1.51. The van der Waals surface area contributed by atoms with Gasteiger partial charge >= 0.3 is 5.97 Å². The molecule has 0 saturated carbocycles. The van der Waals surface area contributed by atoms with Crippen molar-refractivity contribution in [3.8, 4) is 0 Å². The van der Waals surface area contributed by atoms with Crippen molar-refractivity contribution in [1.82, 2.24) is 4.90 Å². The molecule has 0 radical (unpaired) electrons. The number of esters is 1. The van der Waals surface area contributed by atoms with Crippen LogP contribution in [0.5, 0.6) is 0 Å². The van der Waals surface area contributed by atoms with Crippen LogP contribution in [0.25, 0.3) is 0 Å². The van der Waals surface area contributed by atoms with Gasteiger partial charge in [-0.15, -0.1) is 11.8 Å². The van der Waals surface area contributed by atoms with Gasteiger partial charge in [0.25, 0.3) is 5.91 Å². The van der Waals surface area contributed by atoms with Gasteiger partial charge in [-0.05, 0) is 24.3 Å². The van der Waals surface area contributed by atoms with E-state index >= 15 is 0 Å². The maximum atomic E-state index is 12.4. The minimum absolute atomic E-state index is 0.274. The Kier molecular flexibility index (Phi) is 6.08. The fraction of sp³-hybridized carbons (Fsp3) is 0.278. The average Bonchev–Trinajstić information content (AvgIpc) is 3.30. The van der Waals surface area contributed by atoms with Gasteiger partial charge in [0.1, 0.15) is 17.2 Å². The van der Waals surface area contributed by atoms with E-state index in [-0.39, 0.29) is 5.91 Å². The number of hydrogen-bond donors (Lipinski definition) is 1. The summed E-state index contributed by atoms with van der Waals surface area (Å²) >= 11 is 7.38. The summed E-state index contributed by atoms with van der Waals surface area (Å²) in [5, 5.41) is 2.56. The van der Waals surface area contributed by atoms with Crippen molar-refractivity contribution in [1.29, 1.82) is 0 Å². The maximum Gasteiger partial charge on any atom is 0.330 e. The number of hydrogen-bond acceptors (Lipinski definition) is 6. The minimum Gasteiger partial charge on any atom is -0.466 e. The third-order valence-electron chi connectivity index (χ3n) is 3.92. The number of rotatable bonds is 5. The van der Waals surface area contributed by atoms with Crippen LogP contribution in [-0.4, -0.2) is 41.1 Å². The zero-order valence-corrected chi connectivity index (χ0v) is 16.0. The number of ether oxygens (including phenoxy) is 1. The number of amides is 2. The van der Waals surface area contributed by atoms with Crippen LogP contribution in [0.15, 0.2) is 47.1 Å². The fourth-order valence-electron chi connectivity index (χ4n) is 2.71. The molecule has 2 heterocycles. The number of furan rings is 1. The SMILES string of the molecule is CC(=O)N1[C@H](C(=O)OCC(=O)Nc2ccccc2Cl)CS[C@H]1c1ccco1. The number of anilines is 1. The molecule has 0 unspecified atom stereocenters. The standard InChI is InChI=1S/C18H17ClN2O5S/c1-11(22)21-14(10-27-17(21)15-7-4-8-25-15)18(24)26-9-16(23)20-13-6-3-2-5-12(13)19/h2-8,14,17H,9-10H2,1H3,(H,20,23)/t14-,17-/m0/s1. The average molecular weight is 409 g/mol. The van der Waals surface area contributed by atoms with Crippen LogP contribution in [-0.2, 0) is 19.1 Å². The zero-order chi connectivity index (χ0) is 19.4. The first-order chi connectivity index (χ1) is 13.0. The highest BCUT2D eigenvalue weighted by Crippen LogP contribution is 2.41. The van der Waals surface area contributed by atoms with E-state index in [1.807, 2.05) is 0 Å². The summed E-state index contributed by atoms with van der Waals surface area (Å²) in [4.78, 5) is 37.9. The highest BCUT2D eigenvalue weighted by molar-refractivity contribution is 7.99. The quantitative estimate of drug-likeness (QED) is 0.765. The van der Waals surface area contributed by atoms with Gasteiger partial charge in [0, 0.05) is 12.7 Å². The number of nitrogens with one attached hydrogen (secondary N) is 1. The lowest BCUT2D eigenvalue weighted by atomic mass is 10.2. The van der Waals surface area contributed by atoms with Crippen molar-refractivity contribution < 1.29 is 23.5 Å². The number of para-hydroxylation sites is 1. The van der Waals surface area contributed by atoms with Gasteiger partial charge in [0.2, 0.25) is 5.91 Å². The van der Waals surface area contributed by atoms with Gasteiger partial charge < -0.3 is 19.4 Å². The lowest BCUT2D eigenvalue weighted by Crippen LogP contribution is -2.43. The second-order valence-corrected chi connectivity index (χ2v) is 7.30. The summed E-state index contributed by atoms with van der Waals surface area (Å²) in [6.45, 7) is 0.911. The molecule has 2 amide bonds. The third kappa shape index (κ3) is 4.45. The molecule has 7 nitrogen and oxygen atoms in total. The van der Waals surface area contributed by atoms with E-state index in [4.69, 9.17) is 20.8 Å². The van der Waals surface area contributed by atoms with Crippen LogP contribution in [0.4, 0.5) is 5.69 Å². The van der Waals surface area contributed by atoms with Crippen molar-refractivity contribution in [2.24, 2.45) is 0 Å². The Morgan fingerprint density at radius 1 is 1.30 bits per heavy atom. The van der Waals surface area contributed by atoms with Gasteiger partial charge in [-0.25, -0.2) is 4.79 Å². The van der Waals surface area contributed by atoms with Crippen molar-refractivity contribution in [2.75, 3.05) is 17.7 Å². The highest BCUT2D eigenvalue weighted by atomic mass is 35.5. The van der Waals surface area contributed by atoms with E-state index in [0.29, 0.717) is 22.2 Å². The number of thioether (sulfide) groups is 1. The van der Waals surface area contributed by atoms with Gasteiger partial charge in [-0.2, -0.15) is 0 Å². The molecule has 9 heteroatoms. The Labute approximate surface area is 165 Å². The number of nitrogens with zero attached hydrogens (tertiary/aromatic N) is 1. The van der Waals surface area contributed by atoms with Crippen molar-refractivity contribution in [3.05, 3.63) is 53.4 Å². The Hall–Kier alpha value is -2.45. The monoisotopic (exact) mass is 408 g/mol. The van der Waals surface area contributed by atoms with Crippen LogP contribution < -0.4 is 5.32 Å². The van der Waals surface area contributed by atoms with Crippen LogP contribution >= 0.6 is 23.4 Å². The summed E-state index contributed by atoms with van der Waals surface area (Å²) in [6, 6.07) is 9.43. The summed E-state index contributed by atoms with van der Waals surface area (Å²) < 4.78 is 10.5. The molecule has 142 valence electrons. The maximum absolute atomic E-state index is 12.4. The molecule has 1 N–H and O–H groups in total. The predicted octanol–water partition coefficient (Wildman–Crippen LogP) is 3.08. The fourth-order valence-corrected chi connectivity index (χ4v) is 4.30. The van der Waals surface area contributed by atoms with Gasteiger partial charge in [-0.1, -0.05) is 23.7 Å². The van der Waals surface area contributed by atoms with Crippen molar-refractivity contribution >= 4 is 46.8 Å². The molecule has 2 atom stereocenters. The van der Waals surface area contributed by atoms with Crippen LogP contribution in [0, 0.1) is 0 Å². The Bertz CT molecular complexity index is 842.